The highest BCUT2D eigenvalue weighted by Gasteiger charge is 2.10. The van der Waals surface area contributed by atoms with Crippen molar-refractivity contribution in [2.24, 2.45) is 5.73 Å². The van der Waals surface area contributed by atoms with E-state index in [-0.39, 0.29) is 10.6 Å². The van der Waals surface area contributed by atoms with Crippen LogP contribution < -0.4 is 10.5 Å². The summed E-state index contributed by atoms with van der Waals surface area (Å²) in [4.78, 5) is 0.202. The number of methoxy groups -OCH3 is 1. The largest absolute Gasteiger partial charge is 0.497 e. The van der Waals surface area contributed by atoms with Crippen molar-refractivity contribution in [3.05, 3.63) is 35.4 Å². The first-order valence-corrected chi connectivity index (χ1v) is 5.83. The maximum absolute atomic E-state index is 11.6. The number of allylic oxidation sites excluding steroid dienone is 1. The summed E-state index contributed by atoms with van der Waals surface area (Å²) in [6.07, 6.45) is 0. The maximum Gasteiger partial charge on any atom is 0.201 e. The molecule has 0 atom stereocenters. The van der Waals surface area contributed by atoms with E-state index in [0.717, 1.165) is 5.41 Å². The fraction of sp³-hybridized carbons (Fsp3) is 0.200. The zero-order chi connectivity index (χ0) is 11.5. The first-order chi connectivity index (χ1) is 6.95. The van der Waals surface area contributed by atoms with Gasteiger partial charge in [-0.25, -0.2) is 8.42 Å². The summed E-state index contributed by atoms with van der Waals surface area (Å²) in [5.41, 5.74) is 5.58. The van der Waals surface area contributed by atoms with Gasteiger partial charge in [-0.1, -0.05) is 0 Å². The van der Waals surface area contributed by atoms with Crippen LogP contribution in [-0.2, 0) is 9.84 Å². The average molecular weight is 227 g/mol. The summed E-state index contributed by atoms with van der Waals surface area (Å²) in [6.45, 7) is 1.53. The van der Waals surface area contributed by atoms with Gasteiger partial charge in [-0.15, -0.1) is 0 Å². The number of hydrogen-bond donors (Lipinski definition) is 1. The smallest absolute Gasteiger partial charge is 0.201 e. The highest BCUT2D eigenvalue weighted by Crippen LogP contribution is 2.17. The van der Waals surface area contributed by atoms with E-state index in [9.17, 15) is 8.42 Å². The molecular formula is C10H13NO3S. The quantitative estimate of drug-likeness (QED) is 0.844. The Bertz CT molecular complexity index is 456. The molecule has 15 heavy (non-hydrogen) atoms. The predicted molar refractivity (Wildman–Crippen MR) is 58.1 cm³/mol. The molecule has 1 rings (SSSR count). The molecule has 0 heterocycles. The van der Waals surface area contributed by atoms with Crippen molar-refractivity contribution in [2.45, 2.75) is 11.8 Å². The van der Waals surface area contributed by atoms with Crippen molar-refractivity contribution in [2.75, 3.05) is 7.11 Å². The first kappa shape index (κ1) is 11.6. The topological polar surface area (TPSA) is 69.4 Å². The zero-order valence-electron chi connectivity index (χ0n) is 8.60. The molecule has 0 bridgehead atoms. The minimum Gasteiger partial charge on any atom is -0.497 e. The summed E-state index contributed by atoms with van der Waals surface area (Å²) in [6, 6.07) is 6.14. The maximum atomic E-state index is 11.6. The summed E-state index contributed by atoms with van der Waals surface area (Å²) in [7, 11) is -1.91. The second-order valence-corrected chi connectivity index (χ2v) is 4.88. The van der Waals surface area contributed by atoms with Gasteiger partial charge in [0.05, 0.1) is 17.4 Å². The molecule has 0 aliphatic rings. The van der Waals surface area contributed by atoms with Crippen LogP contribution in [0.25, 0.3) is 0 Å². The number of sulfone groups is 1. The van der Waals surface area contributed by atoms with E-state index in [1.54, 1.807) is 12.1 Å². The van der Waals surface area contributed by atoms with E-state index < -0.39 is 9.84 Å². The van der Waals surface area contributed by atoms with Crippen LogP contribution >= 0.6 is 0 Å². The zero-order valence-corrected chi connectivity index (χ0v) is 9.41. The molecule has 0 spiro atoms. The van der Waals surface area contributed by atoms with Crippen LogP contribution in [0.15, 0.2) is 40.3 Å². The Labute approximate surface area is 89.3 Å². The molecule has 0 aliphatic heterocycles. The molecule has 0 unspecified atom stereocenters. The van der Waals surface area contributed by atoms with Gasteiger partial charge in [-0.05, 0) is 31.2 Å². The van der Waals surface area contributed by atoms with Gasteiger partial charge in [0.1, 0.15) is 5.75 Å². The molecule has 82 valence electrons. The average Bonchev–Trinajstić information content (AvgIpc) is 2.16. The minimum atomic E-state index is -3.43. The normalized spacial score (nSPS) is 12.5. The Hall–Kier alpha value is -1.49. The van der Waals surface area contributed by atoms with E-state index in [1.165, 1.54) is 26.2 Å². The summed E-state index contributed by atoms with van der Waals surface area (Å²) in [5.74, 6) is 0.613. The third-order valence-corrected chi connectivity index (χ3v) is 3.34. The van der Waals surface area contributed by atoms with Crippen molar-refractivity contribution < 1.29 is 13.2 Å². The van der Waals surface area contributed by atoms with Crippen LogP contribution in [0.2, 0.25) is 0 Å². The SMILES string of the molecule is COc1ccc(S(=O)(=O)/C=C(/C)N)cc1. The predicted octanol–water partition coefficient (Wildman–Crippen LogP) is 1.29. The fourth-order valence-electron chi connectivity index (χ4n) is 1.08. The molecule has 1 aromatic rings. The Kier molecular flexibility index (Phi) is 3.36. The Morgan fingerprint density at radius 2 is 1.87 bits per heavy atom. The van der Waals surface area contributed by atoms with E-state index in [1.807, 2.05) is 0 Å². The molecule has 0 amide bonds. The van der Waals surface area contributed by atoms with E-state index in [0.29, 0.717) is 5.75 Å². The van der Waals surface area contributed by atoms with Gasteiger partial charge in [0, 0.05) is 5.70 Å². The summed E-state index contributed by atoms with van der Waals surface area (Å²) >= 11 is 0. The fourth-order valence-corrected chi connectivity index (χ4v) is 2.22. The Balaban J connectivity index is 3.12. The van der Waals surface area contributed by atoms with Crippen molar-refractivity contribution in [1.29, 1.82) is 0 Å². The van der Waals surface area contributed by atoms with Gasteiger partial charge in [0.2, 0.25) is 9.84 Å². The van der Waals surface area contributed by atoms with Gasteiger partial charge in [0.15, 0.2) is 0 Å². The molecule has 1 aromatic carbocycles. The van der Waals surface area contributed by atoms with E-state index in [2.05, 4.69) is 0 Å². The number of hydrogen-bond acceptors (Lipinski definition) is 4. The molecular weight excluding hydrogens is 214 g/mol. The monoisotopic (exact) mass is 227 g/mol. The standard InChI is InChI=1S/C10H13NO3S/c1-8(11)7-15(12,13)10-5-3-9(14-2)4-6-10/h3-7H,11H2,1-2H3/b8-7-. The van der Waals surface area contributed by atoms with E-state index in [4.69, 9.17) is 10.5 Å². The Morgan fingerprint density at radius 3 is 2.27 bits per heavy atom. The number of ether oxygens (including phenoxy) is 1. The van der Waals surface area contributed by atoms with E-state index >= 15 is 0 Å². The highest BCUT2D eigenvalue weighted by atomic mass is 32.2. The van der Waals surface area contributed by atoms with Crippen molar-refractivity contribution in [1.82, 2.24) is 0 Å². The summed E-state index contributed by atoms with van der Waals surface area (Å²) in [5, 5.41) is 1.04. The van der Waals surface area contributed by atoms with Crippen LogP contribution in [0, 0.1) is 0 Å². The number of nitrogens with two attached hydrogens (primary N) is 1. The van der Waals surface area contributed by atoms with Gasteiger partial charge in [-0.3, -0.25) is 0 Å². The van der Waals surface area contributed by atoms with Crippen LogP contribution in [0.4, 0.5) is 0 Å². The third kappa shape index (κ3) is 2.99. The van der Waals surface area contributed by atoms with Gasteiger partial charge in [-0.2, -0.15) is 0 Å². The highest BCUT2D eigenvalue weighted by molar-refractivity contribution is 7.94. The van der Waals surface area contributed by atoms with Crippen molar-refractivity contribution >= 4 is 9.84 Å². The van der Waals surface area contributed by atoms with Crippen LogP contribution in [0.5, 0.6) is 5.75 Å². The molecule has 0 fully saturated rings. The van der Waals surface area contributed by atoms with Gasteiger partial charge >= 0.3 is 0 Å². The molecule has 0 aromatic heterocycles. The molecule has 0 aliphatic carbocycles. The number of benzene rings is 1. The second-order valence-electron chi connectivity index (χ2n) is 3.08. The lowest BCUT2D eigenvalue weighted by atomic mass is 10.3. The van der Waals surface area contributed by atoms with Gasteiger partial charge < -0.3 is 10.5 Å². The van der Waals surface area contributed by atoms with Crippen LogP contribution in [0.3, 0.4) is 0 Å². The van der Waals surface area contributed by atoms with Crippen molar-refractivity contribution in [3.63, 3.8) is 0 Å². The van der Waals surface area contributed by atoms with Crippen LogP contribution in [0.1, 0.15) is 6.92 Å². The molecule has 2 N–H and O–H groups in total. The van der Waals surface area contributed by atoms with Crippen LogP contribution in [-0.4, -0.2) is 15.5 Å². The lowest BCUT2D eigenvalue weighted by Crippen LogP contribution is -2.01. The lowest BCUT2D eigenvalue weighted by Gasteiger charge is -2.02. The minimum absolute atomic E-state index is 0.202. The summed E-state index contributed by atoms with van der Waals surface area (Å²) < 4.78 is 28.2. The molecule has 4 nitrogen and oxygen atoms in total. The van der Waals surface area contributed by atoms with Crippen molar-refractivity contribution in [3.8, 4) is 5.75 Å². The molecule has 0 saturated heterocycles. The molecule has 0 radical (unpaired) electrons. The van der Waals surface area contributed by atoms with Gasteiger partial charge in [0.25, 0.3) is 0 Å². The Morgan fingerprint density at radius 1 is 1.33 bits per heavy atom. The third-order valence-electron chi connectivity index (χ3n) is 1.73. The second kappa shape index (κ2) is 4.35. The molecule has 5 heteroatoms. The molecule has 0 saturated carbocycles. The lowest BCUT2D eigenvalue weighted by molar-refractivity contribution is 0.414. The first-order valence-electron chi connectivity index (χ1n) is 4.28. The number of rotatable bonds is 3.